The van der Waals surface area contributed by atoms with Crippen LogP contribution in [-0.4, -0.2) is 33.8 Å². The molecule has 1 atom stereocenters. The Morgan fingerprint density at radius 3 is 2.74 bits per heavy atom. The number of Topliss-reactive ketones (excluding diaryl/α,β-unsaturated/α-hetero) is 1. The first-order chi connectivity index (χ1) is 14.9. The van der Waals surface area contributed by atoms with E-state index in [-0.39, 0.29) is 29.2 Å². The van der Waals surface area contributed by atoms with Gasteiger partial charge in [-0.15, -0.1) is 11.3 Å². The summed E-state index contributed by atoms with van der Waals surface area (Å²) < 4.78 is 5.38. The fourth-order valence-corrected chi connectivity index (χ4v) is 4.81. The molecule has 0 spiro atoms. The van der Waals surface area contributed by atoms with Crippen LogP contribution in [0.2, 0.25) is 5.02 Å². The number of nitrogens with zero attached hydrogens (tertiary/aromatic N) is 2. The summed E-state index contributed by atoms with van der Waals surface area (Å²) in [6.07, 6.45) is 3.20. The van der Waals surface area contributed by atoms with Crippen molar-refractivity contribution in [3.8, 4) is 5.75 Å². The highest BCUT2D eigenvalue weighted by molar-refractivity contribution is 7.09. The molecule has 1 saturated heterocycles. The number of benzene rings is 1. The van der Waals surface area contributed by atoms with Gasteiger partial charge in [0.15, 0.2) is 0 Å². The van der Waals surface area contributed by atoms with E-state index >= 15 is 0 Å². The fraction of sp³-hybridized carbons (Fsp3) is 0.174. The van der Waals surface area contributed by atoms with E-state index in [0.29, 0.717) is 10.6 Å². The molecule has 8 heteroatoms. The number of carbonyl (C=O) groups is 2. The second-order valence-electron chi connectivity index (χ2n) is 7.12. The molecule has 0 bridgehead atoms. The maximum Gasteiger partial charge on any atom is 0.295 e. The number of halogens is 1. The van der Waals surface area contributed by atoms with Gasteiger partial charge in [-0.1, -0.05) is 23.7 Å². The van der Waals surface area contributed by atoms with Gasteiger partial charge in [0.1, 0.15) is 11.5 Å². The van der Waals surface area contributed by atoms with E-state index in [1.807, 2.05) is 24.4 Å². The topological polar surface area (TPSA) is 79.7 Å². The van der Waals surface area contributed by atoms with Gasteiger partial charge in [-0.3, -0.25) is 14.6 Å². The van der Waals surface area contributed by atoms with E-state index < -0.39 is 17.7 Å². The van der Waals surface area contributed by atoms with Gasteiger partial charge in [0.2, 0.25) is 0 Å². The van der Waals surface area contributed by atoms with Crippen LogP contribution in [0, 0.1) is 6.92 Å². The molecular formula is C23H19ClN2O4S. The third-order valence-corrected chi connectivity index (χ3v) is 6.24. The van der Waals surface area contributed by atoms with Crippen LogP contribution in [0.5, 0.6) is 5.75 Å². The minimum Gasteiger partial charge on any atom is -0.507 e. The lowest BCUT2D eigenvalue weighted by Gasteiger charge is -2.24. The van der Waals surface area contributed by atoms with Gasteiger partial charge in [0, 0.05) is 17.3 Å². The monoisotopic (exact) mass is 454 g/mol. The number of aryl methyl sites for hydroxylation is 1. The van der Waals surface area contributed by atoms with Crippen LogP contribution in [0.1, 0.15) is 27.6 Å². The Bertz CT molecular complexity index is 1180. The lowest BCUT2D eigenvalue weighted by atomic mass is 9.95. The van der Waals surface area contributed by atoms with Crippen LogP contribution in [0.25, 0.3) is 5.76 Å². The first kappa shape index (κ1) is 21.1. The smallest absolute Gasteiger partial charge is 0.295 e. The van der Waals surface area contributed by atoms with E-state index in [1.54, 1.807) is 36.7 Å². The van der Waals surface area contributed by atoms with Crippen molar-refractivity contribution in [2.24, 2.45) is 0 Å². The zero-order chi connectivity index (χ0) is 22.1. The van der Waals surface area contributed by atoms with E-state index in [9.17, 15) is 14.7 Å². The van der Waals surface area contributed by atoms with Crippen molar-refractivity contribution >= 4 is 40.4 Å². The Kier molecular flexibility index (Phi) is 5.80. The SMILES string of the molecule is COc1c(Cl)cc(C)cc1/C(O)=C1\C(=O)C(=O)N(Cc2cccs2)C1c1cccnc1. The van der Waals surface area contributed by atoms with Crippen molar-refractivity contribution in [3.63, 3.8) is 0 Å². The number of ether oxygens (including phenoxy) is 1. The summed E-state index contributed by atoms with van der Waals surface area (Å²) in [5, 5.41) is 13.5. The van der Waals surface area contributed by atoms with E-state index in [1.165, 1.54) is 23.3 Å². The number of rotatable bonds is 5. The first-order valence-corrected chi connectivity index (χ1v) is 10.7. The number of carbonyl (C=O) groups excluding carboxylic acids is 2. The van der Waals surface area contributed by atoms with Crippen LogP contribution in [0.15, 0.2) is 59.7 Å². The van der Waals surface area contributed by atoms with Crippen LogP contribution in [-0.2, 0) is 16.1 Å². The average molecular weight is 455 g/mol. The number of aliphatic hydroxyl groups excluding tert-OH is 1. The molecule has 4 rings (SSSR count). The summed E-state index contributed by atoms with van der Waals surface area (Å²) in [6, 6.07) is 9.87. The molecule has 1 aliphatic rings. The van der Waals surface area contributed by atoms with E-state index in [2.05, 4.69) is 4.98 Å². The molecule has 31 heavy (non-hydrogen) atoms. The first-order valence-electron chi connectivity index (χ1n) is 9.47. The number of aromatic nitrogens is 1. The average Bonchev–Trinajstić information content (AvgIpc) is 3.36. The molecule has 6 nitrogen and oxygen atoms in total. The number of amides is 1. The molecule has 158 valence electrons. The third-order valence-electron chi connectivity index (χ3n) is 5.09. The van der Waals surface area contributed by atoms with Crippen molar-refractivity contribution in [2.75, 3.05) is 7.11 Å². The van der Waals surface area contributed by atoms with Crippen molar-refractivity contribution < 1.29 is 19.4 Å². The summed E-state index contributed by atoms with van der Waals surface area (Å²) in [5.74, 6) is -1.54. The largest absolute Gasteiger partial charge is 0.507 e. The van der Waals surface area contributed by atoms with Gasteiger partial charge in [-0.25, -0.2) is 0 Å². The van der Waals surface area contributed by atoms with Gasteiger partial charge in [-0.2, -0.15) is 0 Å². The molecule has 3 heterocycles. The van der Waals surface area contributed by atoms with Crippen molar-refractivity contribution in [2.45, 2.75) is 19.5 Å². The van der Waals surface area contributed by atoms with Gasteiger partial charge >= 0.3 is 0 Å². The number of hydrogen-bond donors (Lipinski definition) is 1. The molecule has 3 aromatic rings. The Morgan fingerprint density at radius 2 is 2.10 bits per heavy atom. The molecule has 2 aromatic heterocycles. The maximum absolute atomic E-state index is 13.1. The summed E-state index contributed by atoms with van der Waals surface area (Å²) in [4.78, 5) is 32.6. The molecule has 1 aliphatic heterocycles. The van der Waals surface area contributed by atoms with E-state index in [4.69, 9.17) is 16.3 Å². The molecule has 0 aliphatic carbocycles. The third kappa shape index (κ3) is 3.82. The van der Waals surface area contributed by atoms with Gasteiger partial charge in [0.25, 0.3) is 11.7 Å². The lowest BCUT2D eigenvalue weighted by Crippen LogP contribution is -2.28. The number of hydrogen-bond acceptors (Lipinski definition) is 6. The highest BCUT2D eigenvalue weighted by atomic mass is 35.5. The number of likely N-dealkylation sites (tertiary alicyclic amines) is 1. The van der Waals surface area contributed by atoms with Crippen LogP contribution < -0.4 is 4.74 Å². The molecule has 1 fully saturated rings. The van der Waals surface area contributed by atoms with Crippen molar-refractivity contribution in [3.05, 3.63) is 86.3 Å². The molecule has 1 N–H and O–H groups in total. The zero-order valence-electron chi connectivity index (χ0n) is 16.8. The molecular weight excluding hydrogens is 436 g/mol. The zero-order valence-corrected chi connectivity index (χ0v) is 18.4. The second-order valence-corrected chi connectivity index (χ2v) is 8.56. The van der Waals surface area contributed by atoms with Gasteiger partial charge in [-0.05, 0) is 47.7 Å². The number of thiophene rings is 1. The van der Waals surface area contributed by atoms with Crippen molar-refractivity contribution in [1.29, 1.82) is 0 Å². The second kappa shape index (κ2) is 8.53. The van der Waals surface area contributed by atoms with Crippen molar-refractivity contribution in [1.82, 2.24) is 9.88 Å². The highest BCUT2D eigenvalue weighted by Gasteiger charge is 2.46. The minimum atomic E-state index is -0.792. The Morgan fingerprint density at radius 1 is 1.29 bits per heavy atom. The summed E-state index contributed by atoms with van der Waals surface area (Å²) in [7, 11) is 1.43. The van der Waals surface area contributed by atoms with Gasteiger partial charge in [0.05, 0.1) is 35.9 Å². The standard InChI is InChI=1S/C23H19ClN2O4S/c1-13-9-16(22(30-2)17(24)10-13)20(27)18-19(14-5-3-7-25-11-14)26(23(29)21(18)28)12-15-6-4-8-31-15/h3-11,19,27H,12H2,1-2H3/b20-18+. The van der Waals surface area contributed by atoms with Gasteiger partial charge < -0.3 is 14.7 Å². The normalized spacial score (nSPS) is 17.9. The van der Waals surface area contributed by atoms with Crippen LogP contribution in [0.4, 0.5) is 0 Å². The Balaban J connectivity index is 1.93. The van der Waals surface area contributed by atoms with Crippen LogP contribution >= 0.6 is 22.9 Å². The maximum atomic E-state index is 13.1. The summed E-state index contributed by atoms with van der Waals surface area (Å²) in [6.45, 7) is 2.06. The predicted octanol–water partition coefficient (Wildman–Crippen LogP) is 4.74. The quantitative estimate of drug-likeness (QED) is 0.342. The number of pyridine rings is 1. The molecule has 0 saturated carbocycles. The van der Waals surface area contributed by atoms with E-state index in [0.717, 1.165) is 10.4 Å². The number of aliphatic hydroxyl groups is 1. The predicted molar refractivity (Wildman–Crippen MR) is 119 cm³/mol. The minimum absolute atomic E-state index is 0.0190. The molecule has 1 unspecified atom stereocenters. The lowest BCUT2D eigenvalue weighted by molar-refractivity contribution is -0.140. The number of ketones is 1. The Labute approximate surface area is 188 Å². The number of methoxy groups -OCH3 is 1. The highest BCUT2D eigenvalue weighted by Crippen LogP contribution is 2.43. The van der Waals surface area contributed by atoms with Crippen LogP contribution in [0.3, 0.4) is 0 Å². The fourth-order valence-electron chi connectivity index (χ4n) is 3.76. The summed E-state index contributed by atoms with van der Waals surface area (Å²) in [5.41, 5.74) is 1.64. The summed E-state index contributed by atoms with van der Waals surface area (Å²) >= 11 is 7.79. The Hall–Kier alpha value is -3.16. The molecule has 1 amide bonds. The molecule has 1 aromatic carbocycles. The molecule has 0 radical (unpaired) electrons.